The largest absolute Gasteiger partial charge is 0.492 e. The zero-order chi connectivity index (χ0) is 19.9. The molecule has 0 bridgehead atoms. The number of rotatable bonds is 1. The van der Waals surface area contributed by atoms with Gasteiger partial charge in [-0.2, -0.15) is 17.2 Å². The van der Waals surface area contributed by atoms with E-state index in [1.807, 2.05) is 0 Å². The van der Waals surface area contributed by atoms with E-state index in [9.17, 15) is 47.0 Å². The van der Waals surface area contributed by atoms with E-state index in [4.69, 9.17) is 0 Å². The van der Waals surface area contributed by atoms with Gasteiger partial charge in [-0.25, -0.2) is 31.4 Å². The van der Waals surface area contributed by atoms with Crippen LogP contribution in [0.2, 0.25) is 0 Å². The lowest BCUT2D eigenvalue weighted by Crippen LogP contribution is -2.03. The first kappa shape index (κ1) is 24.0. The molecule has 1 heterocycles. The summed E-state index contributed by atoms with van der Waals surface area (Å²) in [7, 11) is -33.6. The topological polar surface area (TPSA) is 248 Å². The van der Waals surface area contributed by atoms with Crippen LogP contribution in [0, 0.1) is 0 Å². The van der Waals surface area contributed by atoms with Gasteiger partial charge in [0.25, 0.3) is 0 Å². The zero-order valence-electron chi connectivity index (χ0n) is 11.8. The standard InChI is InChI=1S/C2H10O17P6/c1-13-25(12)18-23(8,9)16-21(4,5)14-20(2,3)15-22(6,7)17-24(10,11)19-25/h1-2H3,(H,4,5)(H,6,7)(H,8,9)(H,10,11). The minimum atomic E-state index is -5.89. The van der Waals surface area contributed by atoms with Gasteiger partial charge < -0.3 is 19.6 Å². The van der Waals surface area contributed by atoms with Gasteiger partial charge in [0, 0.05) is 13.8 Å². The molecule has 1 rings (SSSR count). The van der Waals surface area contributed by atoms with Crippen molar-refractivity contribution in [3.05, 3.63) is 0 Å². The van der Waals surface area contributed by atoms with Crippen molar-refractivity contribution < 1.29 is 77.4 Å². The molecule has 4 N–H and O–H groups in total. The normalized spacial score (nSPS) is 53.5. The molecule has 4 unspecified atom stereocenters. The fourth-order valence-corrected chi connectivity index (χ4v) is 11.0. The molecule has 0 aromatic heterocycles. The van der Waals surface area contributed by atoms with Gasteiger partial charge in [0.1, 0.15) is 0 Å². The van der Waals surface area contributed by atoms with Gasteiger partial charge in [-0.1, -0.05) is 0 Å². The van der Waals surface area contributed by atoms with Crippen molar-refractivity contribution >= 4 is 46.7 Å². The molecule has 1 fully saturated rings. The van der Waals surface area contributed by atoms with Gasteiger partial charge in [0.15, 0.2) is 0 Å². The summed E-state index contributed by atoms with van der Waals surface area (Å²) in [5.41, 5.74) is 0. The van der Waals surface area contributed by atoms with E-state index >= 15 is 0 Å². The Morgan fingerprint density at radius 1 is 0.600 bits per heavy atom. The van der Waals surface area contributed by atoms with E-state index in [2.05, 4.69) is 30.4 Å². The van der Waals surface area contributed by atoms with Crippen molar-refractivity contribution in [3.63, 3.8) is 0 Å². The first-order valence-electron chi connectivity index (χ1n) is 5.12. The molecule has 25 heavy (non-hydrogen) atoms. The Balaban J connectivity index is 3.45. The summed E-state index contributed by atoms with van der Waals surface area (Å²) in [5.74, 6) is 0. The second-order valence-corrected chi connectivity index (χ2v) is 14.2. The van der Waals surface area contributed by atoms with Crippen molar-refractivity contribution in [3.8, 4) is 0 Å². The molecule has 17 nitrogen and oxygen atoms in total. The van der Waals surface area contributed by atoms with E-state index < -0.39 is 46.7 Å². The van der Waals surface area contributed by atoms with E-state index in [0.29, 0.717) is 13.8 Å². The van der Waals surface area contributed by atoms with Crippen LogP contribution in [-0.2, 0) is 57.8 Å². The van der Waals surface area contributed by atoms with Crippen molar-refractivity contribution in [1.82, 2.24) is 0 Å². The molecule has 1 saturated heterocycles. The quantitative estimate of drug-likeness (QED) is 0.382. The monoisotopic (exact) mass is 492 g/mol. The van der Waals surface area contributed by atoms with Gasteiger partial charge in [-0.3, -0.25) is 9.09 Å². The third-order valence-corrected chi connectivity index (χ3v) is 12.6. The van der Waals surface area contributed by atoms with Crippen LogP contribution in [0.25, 0.3) is 0 Å². The maximum absolute atomic E-state index is 11.8. The maximum Gasteiger partial charge on any atom is 0.492 e. The lowest BCUT2D eigenvalue weighted by atomic mass is 11.8. The van der Waals surface area contributed by atoms with E-state index in [-0.39, 0.29) is 0 Å². The molecular weight excluding hydrogens is 482 g/mol. The SMILES string of the molecule is COP1(=O)OP(=O)(O)OP(=O)(O)OP(C)(=O)OP(=O)(O)OP(=O)(O)O1. The Hall–Kier alpha value is 0.940. The molecule has 0 aromatic carbocycles. The highest BCUT2D eigenvalue weighted by Crippen LogP contribution is 2.79. The number of hydrogen-bond acceptors (Lipinski definition) is 13. The van der Waals surface area contributed by atoms with Gasteiger partial charge in [-0.15, -0.1) is 0 Å². The zero-order valence-corrected chi connectivity index (χ0v) is 17.1. The molecule has 0 aliphatic carbocycles. The van der Waals surface area contributed by atoms with Gasteiger partial charge >= 0.3 is 46.7 Å². The smallest absolute Gasteiger partial charge is 0.302 e. The van der Waals surface area contributed by atoms with Crippen molar-refractivity contribution in [2.75, 3.05) is 13.8 Å². The van der Waals surface area contributed by atoms with E-state index in [1.165, 1.54) is 0 Å². The predicted octanol–water partition coefficient (Wildman–Crippen LogP) is 2.08. The Bertz CT molecular complexity index is 748. The molecule has 23 heteroatoms. The van der Waals surface area contributed by atoms with Gasteiger partial charge in [0.2, 0.25) is 0 Å². The Labute approximate surface area is 138 Å². The molecule has 0 amide bonds. The van der Waals surface area contributed by atoms with Gasteiger partial charge in [0.05, 0.1) is 0 Å². The van der Waals surface area contributed by atoms with Crippen LogP contribution in [0.15, 0.2) is 0 Å². The molecule has 0 radical (unpaired) electrons. The maximum atomic E-state index is 11.8. The lowest BCUT2D eigenvalue weighted by Gasteiger charge is -2.25. The van der Waals surface area contributed by atoms with E-state index in [0.717, 1.165) is 0 Å². The van der Waals surface area contributed by atoms with Crippen LogP contribution < -0.4 is 0 Å². The summed E-state index contributed by atoms with van der Waals surface area (Å²) < 4.78 is 95.8. The molecule has 150 valence electrons. The third-order valence-electron chi connectivity index (χ3n) is 1.55. The summed E-state index contributed by atoms with van der Waals surface area (Å²) in [6.45, 7) is 0.295. The first-order chi connectivity index (χ1) is 10.8. The fourth-order valence-electron chi connectivity index (χ4n) is 1.04. The summed E-state index contributed by atoms with van der Waals surface area (Å²) in [5, 5.41) is 0. The average molecular weight is 492 g/mol. The van der Waals surface area contributed by atoms with Crippen LogP contribution in [-0.4, -0.2) is 33.3 Å². The molecule has 1 aliphatic rings. The Kier molecular flexibility index (Phi) is 7.10. The number of phosphoric acid groups is 5. The second kappa shape index (κ2) is 7.40. The molecule has 0 aromatic rings. The molecule has 0 saturated carbocycles. The first-order valence-corrected chi connectivity index (χ1v) is 14.6. The van der Waals surface area contributed by atoms with Gasteiger partial charge in [-0.05, 0) is 0 Å². The highest BCUT2D eigenvalue weighted by molar-refractivity contribution is 7.76. The van der Waals surface area contributed by atoms with Crippen LogP contribution in [0.5, 0.6) is 0 Å². The second-order valence-electron chi connectivity index (χ2n) is 3.77. The summed E-state index contributed by atoms with van der Waals surface area (Å²) in [4.78, 5) is 36.9. The fraction of sp³-hybridized carbons (Fsp3) is 1.00. The van der Waals surface area contributed by atoms with Crippen molar-refractivity contribution in [2.24, 2.45) is 0 Å². The molecule has 1 aliphatic heterocycles. The number of hydrogen-bond donors (Lipinski definition) is 4. The van der Waals surface area contributed by atoms with Crippen molar-refractivity contribution in [2.45, 2.75) is 0 Å². The lowest BCUT2D eigenvalue weighted by molar-refractivity contribution is 0.169. The van der Waals surface area contributed by atoms with Crippen LogP contribution in [0.4, 0.5) is 0 Å². The van der Waals surface area contributed by atoms with Crippen LogP contribution in [0.1, 0.15) is 0 Å². The highest BCUT2D eigenvalue weighted by Gasteiger charge is 2.52. The third kappa shape index (κ3) is 8.23. The van der Waals surface area contributed by atoms with Crippen molar-refractivity contribution in [1.29, 1.82) is 0 Å². The van der Waals surface area contributed by atoms with Crippen LogP contribution >= 0.6 is 46.7 Å². The minimum absolute atomic E-state index is 0.295. The molecule has 0 spiro atoms. The molecular formula is C2H10O17P6. The highest BCUT2D eigenvalue weighted by atomic mass is 31.3. The Morgan fingerprint density at radius 3 is 1.16 bits per heavy atom. The minimum Gasteiger partial charge on any atom is -0.302 e. The summed E-state index contributed by atoms with van der Waals surface area (Å²) >= 11 is 0. The summed E-state index contributed by atoms with van der Waals surface area (Å²) in [6.07, 6.45) is 0. The molecule has 4 atom stereocenters. The average Bonchev–Trinajstić information content (AvgIpc) is 2.17. The van der Waals surface area contributed by atoms with Crippen LogP contribution in [0.3, 0.4) is 0 Å². The predicted molar refractivity (Wildman–Crippen MR) is 74.0 cm³/mol. The Morgan fingerprint density at radius 2 is 0.880 bits per heavy atom. The summed E-state index contributed by atoms with van der Waals surface area (Å²) in [6, 6.07) is 0. The van der Waals surface area contributed by atoms with E-state index in [1.54, 1.807) is 0 Å².